The highest BCUT2D eigenvalue weighted by Gasteiger charge is 2.48. The number of likely N-dealkylation sites (N-methyl/N-ethyl adjacent to an activating group) is 1. The number of carbonyl (C=O) groups excluding carboxylic acids is 4. The summed E-state index contributed by atoms with van der Waals surface area (Å²) < 4.78 is 21.8. The molecule has 1 saturated heterocycles. The number of aryl methyl sites for hydroxylation is 1. The molecule has 0 aliphatic carbocycles. The van der Waals surface area contributed by atoms with Gasteiger partial charge in [-0.25, -0.2) is 9.59 Å². The van der Waals surface area contributed by atoms with Crippen LogP contribution in [0.5, 0.6) is 11.5 Å². The molecular weight excluding hydrogens is 896 g/mol. The minimum absolute atomic E-state index is 0.0158. The third kappa shape index (κ3) is 12.0. The van der Waals surface area contributed by atoms with E-state index in [2.05, 4.69) is 31.9 Å². The number of nitrogens with one attached hydrogen (secondary N) is 3. The molecule has 19 heteroatoms. The number of alkyl halides is 2. The molecule has 4 amide bonds. The molecular formula is C43H46BrClN4O13. The fourth-order valence-electron chi connectivity index (χ4n) is 6.55. The average Bonchev–Trinajstić information content (AvgIpc) is 3.27. The van der Waals surface area contributed by atoms with E-state index in [1.807, 2.05) is 37.3 Å². The SMILES string of the molecule is CCN(C(=O)/C=C/c1ccc(OC)cc1)c1cc(NC(=O)OCc2ccc(OC3OC(C(=O)O)[C@@H](O)C(O)[C@H]3O)c(NC(=O)CCNC(=O)CBr)c2)c2ccccc2c1CCCl. The van der Waals surface area contributed by atoms with Crippen LogP contribution in [0.2, 0.25) is 0 Å². The van der Waals surface area contributed by atoms with Gasteiger partial charge in [0, 0.05) is 42.5 Å². The summed E-state index contributed by atoms with van der Waals surface area (Å²) in [5.41, 5.74) is 2.81. The van der Waals surface area contributed by atoms with Gasteiger partial charge in [-0.1, -0.05) is 58.4 Å². The maximum atomic E-state index is 13.7. The Balaban J connectivity index is 1.38. The molecule has 0 spiro atoms. The van der Waals surface area contributed by atoms with Gasteiger partial charge in [-0.05, 0) is 71.8 Å². The number of carbonyl (C=O) groups is 5. The Morgan fingerprint density at radius 3 is 2.29 bits per heavy atom. The summed E-state index contributed by atoms with van der Waals surface area (Å²) in [6.07, 6.45) is -7.00. The van der Waals surface area contributed by atoms with E-state index >= 15 is 0 Å². The Morgan fingerprint density at radius 1 is 0.903 bits per heavy atom. The predicted molar refractivity (Wildman–Crippen MR) is 234 cm³/mol. The summed E-state index contributed by atoms with van der Waals surface area (Å²) in [7, 11) is 1.57. The van der Waals surface area contributed by atoms with Crippen LogP contribution in [0.25, 0.3) is 16.8 Å². The molecule has 1 fully saturated rings. The highest BCUT2D eigenvalue weighted by atomic mass is 79.9. The first-order chi connectivity index (χ1) is 29.8. The van der Waals surface area contributed by atoms with Crippen LogP contribution in [-0.2, 0) is 41.7 Å². The maximum absolute atomic E-state index is 13.7. The lowest BCUT2D eigenvalue weighted by Gasteiger charge is -2.38. The zero-order chi connectivity index (χ0) is 44.9. The zero-order valence-corrected chi connectivity index (χ0v) is 35.9. The number of anilines is 3. The first-order valence-electron chi connectivity index (χ1n) is 19.3. The molecule has 1 aliphatic heterocycles. The Labute approximate surface area is 369 Å². The number of rotatable bonds is 18. The zero-order valence-electron chi connectivity index (χ0n) is 33.6. The first kappa shape index (κ1) is 47.3. The van der Waals surface area contributed by atoms with Gasteiger partial charge in [-0.2, -0.15) is 0 Å². The fraction of sp³-hybridized carbons (Fsp3) is 0.326. The van der Waals surface area contributed by atoms with E-state index in [9.17, 15) is 44.4 Å². The van der Waals surface area contributed by atoms with Gasteiger partial charge in [0.2, 0.25) is 18.1 Å². The minimum atomic E-state index is -1.96. The second-order valence-corrected chi connectivity index (χ2v) is 14.7. The van der Waals surface area contributed by atoms with E-state index in [4.69, 9.17) is 30.5 Å². The van der Waals surface area contributed by atoms with Crippen molar-refractivity contribution in [2.24, 2.45) is 0 Å². The molecule has 0 radical (unpaired) electrons. The summed E-state index contributed by atoms with van der Waals surface area (Å²) in [4.78, 5) is 65.0. The van der Waals surface area contributed by atoms with Gasteiger partial charge >= 0.3 is 12.1 Å². The number of hydrogen-bond donors (Lipinski definition) is 7. The maximum Gasteiger partial charge on any atom is 0.411 e. The first-order valence-corrected chi connectivity index (χ1v) is 21.0. The fourth-order valence-corrected chi connectivity index (χ4v) is 6.94. The summed E-state index contributed by atoms with van der Waals surface area (Å²) in [6.45, 7) is 1.77. The van der Waals surface area contributed by atoms with E-state index in [1.165, 1.54) is 24.3 Å². The third-order valence-corrected chi connectivity index (χ3v) is 10.4. The monoisotopic (exact) mass is 940 g/mol. The molecule has 17 nitrogen and oxygen atoms in total. The normalized spacial score (nSPS) is 18.5. The van der Waals surface area contributed by atoms with Crippen LogP contribution in [-0.4, -0.2) is 112 Å². The summed E-state index contributed by atoms with van der Waals surface area (Å²) in [5.74, 6) is -2.05. The number of hydrogen-bond acceptors (Lipinski definition) is 12. The van der Waals surface area contributed by atoms with Crippen LogP contribution in [0, 0.1) is 0 Å². The Bertz CT molecular complexity index is 2280. The quantitative estimate of drug-likeness (QED) is 0.0536. The Hall–Kier alpha value is -5.76. The van der Waals surface area contributed by atoms with Crippen molar-refractivity contribution in [3.05, 3.63) is 95.6 Å². The number of ether oxygens (including phenoxy) is 4. The Morgan fingerprint density at radius 2 is 1.63 bits per heavy atom. The second kappa shape index (κ2) is 22.4. The van der Waals surface area contributed by atoms with E-state index in [-0.39, 0.29) is 54.0 Å². The van der Waals surface area contributed by atoms with Crippen molar-refractivity contribution in [1.29, 1.82) is 0 Å². The number of amides is 4. The number of aliphatic hydroxyl groups excluding tert-OH is 3. The number of methoxy groups -OCH3 is 1. The molecule has 4 aromatic rings. The molecule has 0 bridgehead atoms. The van der Waals surface area contributed by atoms with Crippen LogP contribution in [0.4, 0.5) is 21.9 Å². The lowest BCUT2D eigenvalue weighted by molar-refractivity contribution is -0.271. The van der Waals surface area contributed by atoms with E-state index in [0.717, 1.165) is 16.5 Å². The molecule has 1 aliphatic rings. The molecule has 7 N–H and O–H groups in total. The largest absolute Gasteiger partial charge is 0.497 e. The van der Waals surface area contributed by atoms with Crippen molar-refractivity contribution in [2.45, 2.75) is 57.1 Å². The molecule has 330 valence electrons. The van der Waals surface area contributed by atoms with Gasteiger partial charge in [-0.15, -0.1) is 11.6 Å². The van der Waals surface area contributed by atoms with Crippen molar-refractivity contribution >= 4 is 91.2 Å². The standard InChI is InChI=1S/C43H46BrClN4O13/c1-3-49(36(52)15-11-24-8-12-26(59-2)13-9-24)32-21-30(28-7-5-4-6-27(28)29(32)16-18-45)48-43(58)60-23-25-10-14-33(31(20-25)47-34(50)17-19-46-35(51)22-44)61-42-39(55)37(53)38(54)40(62-42)41(56)57/h4-15,20-21,37-40,42,53-55H,3,16-19,22-23H2,1-2H3,(H,46,51)(H,47,50)(H,48,58)(H,56,57)/b15-11+/t37?,38-,39+,40?,42?/m0/s1. The van der Waals surface area contributed by atoms with Gasteiger partial charge in [0.05, 0.1) is 23.8 Å². The molecule has 5 atom stereocenters. The van der Waals surface area contributed by atoms with Crippen LogP contribution in [0.15, 0.2) is 78.9 Å². The van der Waals surface area contributed by atoms with Crippen molar-refractivity contribution in [1.82, 2.24) is 5.32 Å². The molecule has 3 unspecified atom stereocenters. The highest BCUT2D eigenvalue weighted by Crippen LogP contribution is 2.37. The van der Waals surface area contributed by atoms with Crippen molar-refractivity contribution in [3.8, 4) is 11.5 Å². The second-order valence-electron chi connectivity index (χ2n) is 13.8. The smallest absolute Gasteiger partial charge is 0.411 e. The number of benzene rings is 4. The lowest BCUT2D eigenvalue weighted by atomic mass is 9.98. The van der Waals surface area contributed by atoms with Crippen molar-refractivity contribution in [2.75, 3.05) is 46.9 Å². The van der Waals surface area contributed by atoms with Gasteiger partial charge in [-0.3, -0.25) is 19.7 Å². The predicted octanol–water partition coefficient (Wildman–Crippen LogP) is 4.56. The van der Waals surface area contributed by atoms with Crippen molar-refractivity contribution < 1.29 is 63.3 Å². The molecule has 0 saturated carbocycles. The number of aliphatic hydroxyl groups is 3. The van der Waals surface area contributed by atoms with E-state index in [0.29, 0.717) is 41.0 Å². The highest BCUT2D eigenvalue weighted by molar-refractivity contribution is 9.09. The lowest BCUT2D eigenvalue weighted by Crippen LogP contribution is -2.61. The number of carboxylic acid groups (broad SMARTS) is 1. The molecule has 0 aromatic heterocycles. The van der Waals surface area contributed by atoms with Crippen LogP contribution >= 0.6 is 27.5 Å². The number of carboxylic acids is 1. The molecule has 5 rings (SSSR count). The summed E-state index contributed by atoms with van der Waals surface area (Å²) in [6, 6.07) is 20.4. The Kier molecular flexibility index (Phi) is 17.1. The van der Waals surface area contributed by atoms with E-state index in [1.54, 1.807) is 42.4 Å². The molecule has 1 heterocycles. The topological polar surface area (TPSA) is 243 Å². The number of nitrogens with zero attached hydrogens (tertiary/aromatic N) is 1. The average molecular weight is 942 g/mol. The van der Waals surface area contributed by atoms with Gasteiger partial charge in [0.25, 0.3) is 5.91 Å². The van der Waals surface area contributed by atoms with Crippen LogP contribution < -0.4 is 30.3 Å². The van der Waals surface area contributed by atoms with Crippen molar-refractivity contribution in [3.63, 3.8) is 0 Å². The summed E-state index contributed by atoms with van der Waals surface area (Å²) in [5, 5.41) is 49.8. The van der Waals surface area contributed by atoms with Gasteiger partial charge < -0.3 is 54.9 Å². The van der Waals surface area contributed by atoms with Gasteiger partial charge in [0.1, 0.15) is 36.4 Å². The van der Waals surface area contributed by atoms with E-state index < -0.39 is 48.7 Å². The summed E-state index contributed by atoms with van der Waals surface area (Å²) >= 11 is 9.30. The third-order valence-electron chi connectivity index (χ3n) is 9.66. The minimum Gasteiger partial charge on any atom is -0.497 e. The molecule has 62 heavy (non-hydrogen) atoms. The number of aliphatic carboxylic acids is 1. The van der Waals surface area contributed by atoms with Gasteiger partial charge in [0.15, 0.2) is 6.10 Å². The number of halogens is 2. The van der Waals surface area contributed by atoms with Crippen LogP contribution in [0.1, 0.15) is 30.0 Å². The molecule has 4 aromatic carbocycles. The number of fused-ring (bicyclic) bond motifs is 1. The van der Waals surface area contributed by atoms with Crippen LogP contribution in [0.3, 0.4) is 0 Å².